The quantitative estimate of drug-likeness (QED) is 0.339. The van der Waals surface area contributed by atoms with Gasteiger partial charge in [0.05, 0.1) is 12.1 Å². The zero-order valence-electron chi connectivity index (χ0n) is 17.7. The van der Waals surface area contributed by atoms with Crippen LogP contribution in [0.2, 0.25) is 0 Å². The molecule has 0 aliphatic carbocycles. The third-order valence-corrected chi connectivity index (χ3v) is 5.39. The van der Waals surface area contributed by atoms with Crippen molar-refractivity contribution in [2.45, 2.75) is 19.8 Å². The first-order chi connectivity index (χ1) is 15.1. The zero-order valence-corrected chi connectivity index (χ0v) is 17.7. The molecule has 0 saturated carbocycles. The highest BCUT2D eigenvalue weighted by Gasteiger charge is 2.22. The molecule has 0 atom stereocenters. The smallest absolute Gasteiger partial charge is 0.252 e. The van der Waals surface area contributed by atoms with Crippen molar-refractivity contribution in [3.05, 3.63) is 125 Å². The van der Waals surface area contributed by atoms with E-state index in [2.05, 4.69) is 47.1 Å². The molecule has 4 aromatic rings. The number of carbonyl (C=O) groups excluding carboxylic acids is 1. The lowest BCUT2D eigenvalue weighted by Crippen LogP contribution is -2.26. The molecule has 0 unspecified atom stereocenters. The summed E-state index contributed by atoms with van der Waals surface area (Å²) in [4.78, 5) is 13.1. The fourth-order valence-corrected chi connectivity index (χ4v) is 3.91. The molecule has 0 fully saturated rings. The molecule has 31 heavy (non-hydrogen) atoms. The van der Waals surface area contributed by atoms with Gasteiger partial charge in [0.25, 0.3) is 5.91 Å². The topological polar surface area (TPSA) is 46.4 Å². The van der Waals surface area contributed by atoms with Crippen LogP contribution in [0.3, 0.4) is 0 Å². The highest BCUT2D eigenvalue weighted by atomic mass is 16.2. The van der Waals surface area contributed by atoms with Gasteiger partial charge in [-0.1, -0.05) is 78.9 Å². The first-order valence-electron chi connectivity index (χ1n) is 10.3. The molecule has 0 spiro atoms. The van der Waals surface area contributed by atoms with E-state index in [1.165, 1.54) is 0 Å². The molecule has 1 aromatic heterocycles. The minimum atomic E-state index is -0.420. The van der Waals surface area contributed by atoms with Gasteiger partial charge < -0.3 is 4.57 Å². The number of hydrogen-bond donors (Lipinski definition) is 1. The standard InChI is InChI=1S/C27H25N3O/c1-20-18-24(21(2)30(20)25-16-10-5-11-17-25)19-28-29-27(31)26(22-12-6-3-7-13-22)23-14-8-4-9-15-23/h3-19,26H,1-2H3,(H,29,31)/b28-19+. The average molecular weight is 408 g/mol. The lowest BCUT2D eigenvalue weighted by atomic mass is 9.91. The number of amides is 1. The Labute approximate surface area is 182 Å². The molecule has 0 radical (unpaired) electrons. The number of nitrogens with one attached hydrogen (secondary N) is 1. The van der Waals surface area contributed by atoms with Gasteiger partial charge in [0, 0.05) is 22.6 Å². The SMILES string of the molecule is Cc1cc(/C=N/NC(=O)C(c2ccccc2)c2ccccc2)c(C)n1-c1ccccc1. The van der Waals surface area contributed by atoms with Crippen molar-refractivity contribution in [1.82, 2.24) is 9.99 Å². The van der Waals surface area contributed by atoms with Crippen LogP contribution in [0, 0.1) is 13.8 Å². The maximum absolute atomic E-state index is 13.1. The van der Waals surface area contributed by atoms with Gasteiger partial charge >= 0.3 is 0 Å². The second-order valence-corrected chi connectivity index (χ2v) is 7.49. The Balaban J connectivity index is 1.56. The molecule has 4 nitrogen and oxygen atoms in total. The number of hydrogen-bond acceptors (Lipinski definition) is 2. The molecule has 4 heteroatoms. The predicted molar refractivity (Wildman–Crippen MR) is 126 cm³/mol. The number of aromatic nitrogens is 1. The Hall–Kier alpha value is -3.92. The third kappa shape index (κ3) is 4.48. The second-order valence-electron chi connectivity index (χ2n) is 7.49. The van der Waals surface area contributed by atoms with E-state index >= 15 is 0 Å². The number of aryl methyl sites for hydroxylation is 1. The van der Waals surface area contributed by atoms with E-state index in [4.69, 9.17) is 0 Å². The van der Waals surface area contributed by atoms with E-state index in [-0.39, 0.29) is 5.91 Å². The molecule has 4 rings (SSSR count). The van der Waals surface area contributed by atoms with Gasteiger partial charge in [-0.2, -0.15) is 5.10 Å². The van der Waals surface area contributed by atoms with Crippen molar-refractivity contribution in [2.75, 3.05) is 0 Å². The van der Waals surface area contributed by atoms with Gasteiger partial charge in [0.1, 0.15) is 0 Å². The third-order valence-electron chi connectivity index (χ3n) is 5.39. The van der Waals surface area contributed by atoms with Gasteiger partial charge in [-0.3, -0.25) is 4.79 Å². The van der Waals surface area contributed by atoms with Gasteiger partial charge in [0.15, 0.2) is 0 Å². The summed E-state index contributed by atoms with van der Waals surface area (Å²) in [7, 11) is 0. The summed E-state index contributed by atoms with van der Waals surface area (Å²) in [6.45, 7) is 4.12. The Morgan fingerprint density at radius 2 is 1.35 bits per heavy atom. The molecule has 154 valence electrons. The van der Waals surface area contributed by atoms with Crippen LogP contribution in [-0.2, 0) is 4.79 Å². The van der Waals surface area contributed by atoms with Crippen LogP contribution in [0.1, 0.15) is 34.0 Å². The molecule has 0 bridgehead atoms. The molecule has 1 amide bonds. The van der Waals surface area contributed by atoms with E-state index in [0.29, 0.717) is 0 Å². The Kier molecular flexibility index (Phi) is 6.08. The molecule has 3 aromatic carbocycles. The van der Waals surface area contributed by atoms with Crippen molar-refractivity contribution in [3.63, 3.8) is 0 Å². The summed E-state index contributed by atoms with van der Waals surface area (Å²) in [5, 5.41) is 4.28. The lowest BCUT2D eigenvalue weighted by molar-refractivity contribution is -0.121. The van der Waals surface area contributed by atoms with Crippen molar-refractivity contribution in [1.29, 1.82) is 0 Å². The average Bonchev–Trinajstić information content (AvgIpc) is 3.09. The highest BCUT2D eigenvalue weighted by Crippen LogP contribution is 2.25. The Bertz CT molecular complexity index is 1140. The number of rotatable bonds is 6. The number of benzene rings is 3. The van der Waals surface area contributed by atoms with Gasteiger partial charge in [-0.15, -0.1) is 0 Å². The van der Waals surface area contributed by atoms with E-state index in [9.17, 15) is 4.79 Å². The molecule has 1 heterocycles. The monoisotopic (exact) mass is 407 g/mol. The van der Waals surface area contributed by atoms with E-state index in [0.717, 1.165) is 33.8 Å². The normalized spacial score (nSPS) is 11.2. The van der Waals surface area contributed by atoms with Crippen LogP contribution in [0.4, 0.5) is 0 Å². The number of nitrogens with zero attached hydrogens (tertiary/aromatic N) is 2. The predicted octanol–water partition coefficient (Wildman–Crippen LogP) is 5.38. The summed E-state index contributed by atoms with van der Waals surface area (Å²) < 4.78 is 2.18. The van der Waals surface area contributed by atoms with Crippen molar-refractivity contribution in [2.24, 2.45) is 5.10 Å². The molecule has 0 aliphatic rings. The Morgan fingerprint density at radius 1 is 0.839 bits per heavy atom. The fourth-order valence-electron chi connectivity index (χ4n) is 3.91. The maximum atomic E-state index is 13.1. The van der Waals surface area contributed by atoms with Crippen LogP contribution in [0.15, 0.2) is 102 Å². The molecular formula is C27H25N3O. The van der Waals surface area contributed by atoms with E-state index in [1.807, 2.05) is 78.9 Å². The number of hydrazone groups is 1. The summed E-state index contributed by atoms with van der Waals surface area (Å²) in [5.41, 5.74) is 8.88. The Morgan fingerprint density at radius 3 is 1.90 bits per heavy atom. The summed E-state index contributed by atoms with van der Waals surface area (Å²) in [6.07, 6.45) is 1.72. The van der Waals surface area contributed by atoms with Crippen molar-refractivity contribution < 1.29 is 4.79 Å². The van der Waals surface area contributed by atoms with Gasteiger partial charge in [-0.05, 0) is 43.2 Å². The van der Waals surface area contributed by atoms with Crippen LogP contribution < -0.4 is 5.43 Å². The van der Waals surface area contributed by atoms with Crippen LogP contribution in [0.5, 0.6) is 0 Å². The number of carbonyl (C=O) groups is 1. The number of para-hydroxylation sites is 1. The summed E-state index contributed by atoms with van der Waals surface area (Å²) in [5.74, 6) is -0.582. The molecule has 0 saturated heterocycles. The molecule has 1 N–H and O–H groups in total. The minimum absolute atomic E-state index is 0.162. The zero-order chi connectivity index (χ0) is 21.6. The van der Waals surface area contributed by atoms with Crippen molar-refractivity contribution in [3.8, 4) is 5.69 Å². The molecular weight excluding hydrogens is 382 g/mol. The van der Waals surface area contributed by atoms with E-state index in [1.54, 1.807) is 6.21 Å². The maximum Gasteiger partial charge on any atom is 0.252 e. The van der Waals surface area contributed by atoms with Crippen LogP contribution >= 0.6 is 0 Å². The summed E-state index contributed by atoms with van der Waals surface area (Å²) >= 11 is 0. The molecule has 0 aliphatic heterocycles. The first-order valence-corrected chi connectivity index (χ1v) is 10.3. The van der Waals surface area contributed by atoms with Crippen molar-refractivity contribution >= 4 is 12.1 Å². The van der Waals surface area contributed by atoms with Gasteiger partial charge in [-0.25, -0.2) is 5.43 Å². The minimum Gasteiger partial charge on any atom is -0.318 e. The van der Waals surface area contributed by atoms with Crippen LogP contribution in [0.25, 0.3) is 5.69 Å². The van der Waals surface area contributed by atoms with Crippen LogP contribution in [-0.4, -0.2) is 16.7 Å². The summed E-state index contributed by atoms with van der Waals surface area (Å²) in [6, 6.07) is 31.8. The fraction of sp³-hybridized carbons (Fsp3) is 0.111. The van der Waals surface area contributed by atoms with E-state index < -0.39 is 5.92 Å². The highest BCUT2D eigenvalue weighted by molar-refractivity contribution is 5.89. The van der Waals surface area contributed by atoms with Gasteiger partial charge in [0.2, 0.25) is 0 Å². The first kappa shape index (κ1) is 20.4. The largest absolute Gasteiger partial charge is 0.318 e. The lowest BCUT2D eigenvalue weighted by Gasteiger charge is -2.16. The second kappa shape index (κ2) is 9.26.